The summed E-state index contributed by atoms with van der Waals surface area (Å²) < 4.78 is -0.419. The Balaban J connectivity index is 2.01. The van der Waals surface area contributed by atoms with E-state index in [0.717, 1.165) is 16.7 Å². The van der Waals surface area contributed by atoms with E-state index in [-0.39, 0.29) is 23.3 Å². The molecule has 2 aromatic rings. The first-order chi connectivity index (χ1) is 10.4. The van der Waals surface area contributed by atoms with Crippen LogP contribution in [-0.2, 0) is 12.8 Å². The van der Waals surface area contributed by atoms with Crippen LogP contribution in [0.4, 0.5) is 0 Å². The van der Waals surface area contributed by atoms with Gasteiger partial charge in [0.1, 0.15) is 11.8 Å². The highest BCUT2D eigenvalue weighted by atomic mass is 16.5. The lowest BCUT2D eigenvalue weighted by Crippen LogP contribution is -2.47. The summed E-state index contributed by atoms with van der Waals surface area (Å²) >= 11 is 0. The van der Waals surface area contributed by atoms with Crippen molar-refractivity contribution in [2.24, 2.45) is 0 Å². The fraction of sp³-hybridized carbons (Fsp3) is 0.294. The van der Waals surface area contributed by atoms with Gasteiger partial charge in [0, 0.05) is 18.4 Å². The van der Waals surface area contributed by atoms with Crippen molar-refractivity contribution in [1.29, 1.82) is 0 Å². The molecule has 0 saturated carbocycles. The highest BCUT2D eigenvalue weighted by molar-refractivity contribution is 5.47. The number of fused-ring (bicyclic) bond motifs is 1. The Morgan fingerprint density at radius 3 is 2.41 bits per heavy atom. The number of likely N-dealkylation sites (N-methyl/N-ethyl adjacent to an activating group) is 1. The lowest BCUT2D eigenvalue weighted by molar-refractivity contribution is -0.894. The van der Waals surface area contributed by atoms with Gasteiger partial charge in [-0.2, -0.15) is 0 Å². The molecule has 5 heteroatoms. The first kappa shape index (κ1) is 14.7. The summed E-state index contributed by atoms with van der Waals surface area (Å²) in [7, 11) is 1.64. The van der Waals surface area contributed by atoms with E-state index in [0.29, 0.717) is 19.4 Å². The van der Waals surface area contributed by atoms with Crippen LogP contribution in [0.1, 0.15) is 22.7 Å². The minimum Gasteiger partial charge on any atom is -0.633 e. The van der Waals surface area contributed by atoms with E-state index in [2.05, 4.69) is 0 Å². The molecule has 1 heterocycles. The second kappa shape index (κ2) is 5.19. The minimum absolute atomic E-state index is 0.149. The molecule has 1 aliphatic rings. The summed E-state index contributed by atoms with van der Waals surface area (Å²) in [6, 6.07) is 9.50. The average Bonchev–Trinajstić information content (AvgIpc) is 2.46. The molecule has 0 amide bonds. The van der Waals surface area contributed by atoms with Crippen LogP contribution in [0.2, 0.25) is 0 Å². The zero-order valence-electron chi connectivity index (χ0n) is 12.4. The number of quaternary nitrogens is 1. The SMILES string of the molecule is C[N+]1([O-])CCc2cc(O)c(O)cc2[C@H]1Cc1ccc(O)cc1. The van der Waals surface area contributed by atoms with Gasteiger partial charge in [-0.05, 0) is 35.4 Å². The summed E-state index contributed by atoms with van der Waals surface area (Å²) in [5, 5.41) is 41.6. The van der Waals surface area contributed by atoms with Crippen molar-refractivity contribution in [3.05, 3.63) is 58.3 Å². The third-order valence-electron chi connectivity index (χ3n) is 4.45. The molecule has 116 valence electrons. The quantitative estimate of drug-likeness (QED) is 0.452. The molecule has 1 aliphatic heterocycles. The van der Waals surface area contributed by atoms with Crippen LogP contribution >= 0.6 is 0 Å². The predicted molar refractivity (Wildman–Crippen MR) is 82.4 cm³/mol. The number of aromatic hydroxyl groups is 3. The number of phenolic OH excluding ortho intramolecular Hbond substituents is 3. The molecule has 0 radical (unpaired) electrons. The molecule has 2 atom stereocenters. The lowest BCUT2D eigenvalue weighted by Gasteiger charge is -2.49. The zero-order chi connectivity index (χ0) is 15.9. The molecule has 1 unspecified atom stereocenters. The molecule has 0 saturated heterocycles. The fourth-order valence-corrected chi connectivity index (χ4v) is 3.11. The van der Waals surface area contributed by atoms with E-state index >= 15 is 0 Å². The molecule has 2 aromatic carbocycles. The van der Waals surface area contributed by atoms with Crippen LogP contribution in [0.5, 0.6) is 17.2 Å². The van der Waals surface area contributed by atoms with E-state index in [1.807, 2.05) is 0 Å². The van der Waals surface area contributed by atoms with Gasteiger partial charge in [-0.25, -0.2) is 0 Å². The van der Waals surface area contributed by atoms with Crippen molar-refractivity contribution in [1.82, 2.24) is 0 Å². The number of nitrogens with zero attached hydrogens (tertiary/aromatic N) is 1. The van der Waals surface area contributed by atoms with Gasteiger partial charge < -0.3 is 25.2 Å². The van der Waals surface area contributed by atoms with Crippen molar-refractivity contribution in [3.63, 3.8) is 0 Å². The highest BCUT2D eigenvalue weighted by Crippen LogP contribution is 2.41. The van der Waals surface area contributed by atoms with Gasteiger partial charge in [-0.1, -0.05) is 12.1 Å². The normalized spacial score (nSPS) is 24.0. The van der Waals surface area contributed by atoms with Gasteiger partial charge in [0.15, 0.2) is 11.5 Å². The van der Waals surface area contributed by atoms with E-state index in [4.69, 9.17) is 0 Å². The largest absolute Gasteiger partial charge is 0.633 e. The second-order valence-electron chi connectivity index (χ2n) is 6.07. The van der Waals surface area contributed by atoms with E-state index in [9.17, 15) is 20.5 Å². The smallest absolute Gasteiger partial charge is 0.157 e. The third-order valence-corrected chi connectivity index (χ3v) is 4.45. The van der Waals surface area contributed by atoms with Crippen LogP contribution in [0.3, 0.4) is 0 Å². The average molecular weight is 301 g/mol. The molecule has 3 N–H and O–H groups in total. The molecule has 5 nitrogen and oxygen atoms in total. The first-order valence-electron chi connectivity index (χ1n) is 7.26. The second-order valence-corrected chi connectivity index (χ2v) is 6.07. The fourth-order valence-electron chi connectivity index (χ4n) is 3.11. The topological polar surface area (TPSA) is 83.8 Å². The molecule has 3 rings (SSSR count). The zero-order valence-corrected chi connectivity index (χ0v) is 12.4. The molecule has 0 fully saturated rings. The van der Waals surface area contributed by atoms with E-state index < -0.39 is 4.65 Å². The van der Waals surface area contributed by atoms with Crippen LogP contribution in [-0.4, -0.2) is 33.6 Å². The Morgan fingerprint density at radius 2 is 1.73 bits per heavy atom. The molecule has 0 spiro atoms. The van der Waals surface area contributed by atoms with Gasteiger partial charge in [0.25, 0.3) is 0 Å². The molecule has 22 heavy (non-hydrogen) atoms. The van der Waals surface area contributed by atoms with Crippen LogP contribution < -0.4 is 0 Å². The molecular weight excluding hydrogens is 282 g/mol. The van der Waals surface area contributed by atoms with Crippen molar-refractivity contribution in [2.75, 3.05) is 13.6 Å². The summed E-state index contributed by atoms with van der Waals surface area (Å²) in [6.07, 6.45) is 1.09. The van der Waals surface area contributed by atoms with Crippen molar-refractivity contribution < 1.29 is 20.0 Å². The number of phenols is 3. The van der Waals surface area contributed by atoms with Gasteiger partial charge in [0.05, 0.1) is 13.6 Å². The minimum atomic E-state index is -0.419. The predicted octanol–water partition coefficient (Wildman–Crippen LogP) is 2.59. The summed E-state index contributed by atoms with van der Waals surface area (Å²) in [6.45, 7) is 0.431. The van der Waals surface area contributed by atoms with E-state index in [1.54, 1.807) is 37.4 Å². The molecule has 0 bridgehead atoms. The molecular formula is C17H19NO4. The summed E-state index contributed by atoms with van der Waals surface area (Å²) in [5.74, 6) is -0.157. The van der Waals surface area contributed by atoms with Crippen molar-refractivity contribution in [3.8, 4) is 17.2 Å². The first-order valence-corrected chi connectivity index (χ1v) is 7.26. The van der Waals surface area contributed by atoms with Gasteiger partial charge in [-0.15, -0.1) is 0 Å². The van der Waals surface area contributed by atoms with Gasteiger partial charge in [-0.3, -0.25) is 0 Å². The van der Waals surface area contributed by atoms with Crippen LogP contribution in [0.25, 0.3) is 0 Å². The third kappa shape index (κ3) is 2.61. The van der Waals surface area contributed by atoms with Gasteiger partial charge in [0.2, 0.25) is 0 Å². The Kier molecular flexibility index (Phi) is 3.47. The monoisotopic (exact) mass is 301 g/mol. The van der Waals surface area contributed by atoms with Crippen molar-refractivity contribution in [2.45, 2.75) is 18.9 Å². The lowest BCUT2D eigenvalue weighted by atomic mass is 9.88. The van der Waals surface area contributed by atoms with E-state index in [1.165, 1.54) is 6.07 Å². The van der Waals surface area contributed by atoms with Gasteiger partial charge >= 0.3 is 0 Å². The Labute approximate surface area is 128 Å². The summed E-state index contributed by atoms with van der Waals surface area (Å²) in [4.78, 5) is 0. The molecule has 0 aromatic heterocycles. The highest BCUT2D eigenvalue weighted by Gasteiger charge is 2.34. The Bertz CT molecular complexity index is 695. The number of rotatable bonds is 2. The van der Waals surface area contributed by atoms with Crippen LogP contribution in [0.15, 0.2) is 36.4 Å². The van der Waals surface area contributed by atoms with Crippen LogP contribution in [0, 0.1) is 5.21 Å². The maximum Gasteiger partial charge on any atom is 0.157 e. The number of hydrogen-bond donors (Lipinski definition) is 3. The Morgan fingerprint density at radius 1 is 1.09 bits per heavy atom. The summed E-state index contributed by atoms with van der Waals surface area (Å²) in [5.41, 5.74) is 2.64. The maximum atomic E-state index is 12.8. The van der Waals surface area contributed by atoms with Crippen molar-refractivity contribution >= 4 is 0 Å². The number of hydrogen-bond acceptors (Lipinski definition) is 4. The number of hydroxylamine groups is 3. The Hall–Kier alpha value is -2.24. The number of benzene rings is 2. The maximum absolute atomic E-state index is 12.8. The standard InChI is InChI=1S/C17H19NO4/c1-18(22)7-6-12-9-16(20)17(21)10-14(12)15(18)8-11-2-4-13(19)5-3-11/h2-5,9-10,15,19-21H,6-8H2,1H3/t15-,18?/m1/s1. The molecule has 0 aliphatic carbocycles.